The van der Waals surface area contributed by atoms with Gasteiger partial charge in [-0.15, -0.1) is 11.8 Å². The Morgan fingerprint density at radius 2 is 1.88 bits per heavy atom. The second-order valence-corrected chi connectivity index (χ2v) is 9.81. The molecule has 1 N–H and O–H groups in total. The number of carbonyl (C=O) groups excluding carboxylic acids is 2. The summed E-state index contributed by atoms with van der Waals surface area (Å²) in [6.45, 7) is 3.91. The zero-order valence-corrected chi connectivity index (χ0v) is 19.3. The maximum absolute atomic E-state index is 13.2. The van der Waals surface area contributed by atoms with E-state index in [9.17, 15) is 22.4 Å². The number of amides is 2. The summed E-state index contributed by atoms with van der Waals surface area (Å²) >= 11 is 1.41. The predicted molar refractivity (Wildman–Crippen MR) is 121 cm³/mol. The number of nitrogens with zero attached hydrogens (tertiary/aromatic N) is 2. The van der Waals surface area contributed by atoms with E-state index in [1.165, 1.54) is 63.4 Å². The van der Waals surface area contributed by atoms with Crippen LogP contribution in [-0.2, 0) is 19.6 Å². The van der Waals surface area contributed by atoms with E-state index in [4.69, 9.17) is 4.74 Å². The molecular weight excluding hydrogens is 457 g/mol. The Balaban J connectivity index is 1.92. The van der Waals surface area contributed by atoms with Crippen LogP contribution in [0.4, 0.5) is 10.1 Å². The van der Waals surface area contributed by atoms with E-state index in [-0.39, 0.29) is 28.8 Å². The maximum Gasteiger partial charge on any atom is 0.244 e. The molecule has 0 atom stereocenters. The van der Waals surface area contributed by atoms with Crippen LogP contribution in [-0.4, -0.2) is 60.7 Å². The van der Waals surface area contributed by atoms with Crippen LogP contribution in [0.1, 0.15) is 13.8 Å². The molecule has 0 aromatic heterocycles. The third-order valence-corrected chi connectivity index (χ3v) is 7.76. The second-order valence-electron chi connectivity index (χ2n) is 6.92. The van der Waals surface area contributed by atoms with E-state index in [0.29, 0.717) is 30.5 Å². The number of hydrogen-bond acceptors (Lipinski definition) is 6. The number of benzene rings is 2. The summed E-state index contributed by atoms with van der Waals surface area (Å²) in [4.78, 5) is 25.8. The number of carbonyl (C=O) groups is 2. The smallest absolute Gasteiger partial charge is 0.244 e. The first-order valence-electron chi connectivity index (χ1n) is 9.97. The highest BCUT2D eigenvalue weighted by molar-refractivity contribution is 8.00. The minimum Gasteiger partial charge on any atom is -0.455 e. The van der Waals surface area contributed by atoms with Crippen molar-refractivity contribution in [1.82, 2.24) is 9.21 Å². The summed E-state index contributed by atoms with van der Waals surface area (Å²) < 4.78 is 46.1. The van der Waals surface area contributed by atoms with Gasteiger partial charge >= 0.3 is 0 Å². The number of sulfonamides is 1. The van der Waals surface area contributed by atoms with Crippen molar-refractivity contribution in [3.05, 3.63) is 48.3 Å². The third-order valence-electron chi connectivity index (χ3n) is 4.77. The van der Waals surface area contributed by atoms with Crippen molar-refractivity contribution < 1.29 is 27.1 Å². The number of ether oxygens (including phenoxy) is 1. The van der Waals surface area contributed by atoms with E-state index >= 15 is 0 Å². The SMILES string of the molecule is CCN(CC)S(=O)(=O)c1ccc(Oc2ccc(F)cc2)c(NC(=O)CN2CSCC2=O)c1. The first-order valence-corrected chi connectivity index (χ1v) is 12.6. The van der Waals surface area contributed by atoms with Gasteiger partial charge in [-0.05, 0) is 42.5 Å². The molecule has 1 heterocycles. The lowest BCUT2D eigenvalue weighted by atomic mass is 10.2. The number of halogens is 1. The van der Waals surface area contributed by atoms with Crippen LogP contribution in [0, 0.1) is 5.82 Å². The van der Waals surface area contributed by atoms with Crippen LogP contribution in [0.3, 0.4) is 0 Å². The summed E-state index contributed by atoms with van der Waals surface area (Å²) in [5.74, 6) is 0.191. The van der Waals surface area contributed by atoms with Gasteiger partial charge in [0.1, 0.15) is 18.1 Å². The van der Waals surface area contributed by atoms with Crippen molar-refractivity contribution in [2.24, 2.45) is 0 Å². The quantitative estimate of drug-likeness (QED) is 0.591. The average Bonchev–Trinajstić information content (AvgIpc) is 3.15. The van der Waals surface area contributed by atoms with Crippen LogP contribution in [0.25, 0.3) is 0 Å². The van der Waals surface area contributed by atoms with E-state index in [0.717, 1.165) is 0 Å². The number of hydrogen-bond donors (Lipinski definition) is 1. The number of thioether (sulfide) groups is 1. The zero-order chi connectivity index (χ0) is 23.3. The van der Waals surface area contributed by atoms with Crippen molar-refractivity contribution >= 4 is 39.3 Å². The van der Waals surface area contributed by atoms with E-state index in [1.54, 1.807) is 13.8 Å². The number of nitrogens with one attached hydrogen (secondary N) is 1. The topological polar surface area (TPSA) is 96.0 Å². The maximum atomic E-state index is 13.2. The van der Waals surface area contributed by atoms with Gasteiger partial charge in [0.2, 0.25) is 21.8 Å². The summed E-state index contributed by atoms with van der Waals surface area (Å²) in [7, 11) is -3.78. The van der Waals surface area contributed by atoms with E-state index in [1.807, 2.05) is 0 Å². The fraction of sp³-hybridized carbons (Fsp3) is 0.333. The standard InChI is InChI=1S/C21H24FN3O5S2/c1-3-25(4-2)32(28,29)17-9-10-19(30-16-7-5-15(22)6-8-16)18(11-17)23-20(26)12-24-14-31-13-21(24)27/h5-11H,3-4,12-14H2,1-2H3,(H,23,26). The first kappa shape index (κ1) is 24.0. The molecule has 1 saturated heterocycles. The van der Waals surface area contributed by atoms with Gasteiger partial charge in [-0.1, -0.05) is 13.8 Å². The molecule has 2 aromatic rings. The van der Waals surface area contributed by atoms with E-state index in [2.05, 4.69) is 5.32 Å². The molecule has 0 radical (unpaired) electrons. The highest BCUT2D eigenvalue weighted by Crippen LogP contribution is 2.33. The van der Waals surface area contributed by atoms with Crippen molar-refractivity contribution in [2.45, 2.75) is 18.7 Å². The summed E-state index contributed by atoms with van der Waals surface area (Å²) in [5.41, 5.74) is 0.131. The predicted octanol–water partition coefficient (Wildman–Crippen LogP) is 3.12. The first-order chi connectivity index (χ1) is 15.2. The molecule has 172 valence electrons. The van der Waals surface area contributed by atoms with Gasteiger partial charge < -0.3 is 15.0 Å². The Labute approximate surface area is 190 Å². The monoisotopic (exact) mass is 481 g/mol. The fourth-order valence-corrected chi connectivity index (χ4v) is 5.49. The lowest BCUT2D eigenvalue weighted by Gasteiger charge is -2.20. The minimum absolute atomic E-state index is 0.00393. The normalized spacial score (nSPS) is 14.1. The zero-order valence-electron chi connectivity index (χ0n) is 17.7. The third kappa shape index (κ3) is 5.59. The van der Waals surface area contributed by atoms with E-state index < -0.39 is 21.7 Å². The molecule has 0 aliphatic carbocycles. The molecule has 3 rings (SSSR count). The molecule has 0 unspecified atom stereocenters. The molecule has 2 amide bonds. The van der Waals surface area contributed by atoms with Crippen LogP contribution in [0.2, 0.25) is 0 Å². The molecular formula is C21H24FN3O5S2. The highest BCUT2D eigenvalue weighted by atomic mass is 32.2. The molecule has 2 aromatic carbocycles. The lowest BCUT2D eigenvalue weighted by molar-refractivity contribution is -0.130. The van der Waals surface area contributed by atoms with Crippen molar-refractivity contribution in [3.8, 4) is 11.5 Å². The Bertz CT molecular complexity index is 1090. The summed E-state index contributed by atoms with van der Waals surface area (Å²) in [6, 6.07) is 9.44. The van der Waals surface area contributed by atoms with Gasteiger partial charge in [0.25, 0.3) is 0 Å². The fourth-order valence-electron chi connectivity index (χ4n) is 3.10. The molecule has 0 spiro atoms. The van der Waals surface area contributed by atoms with Crippen LogP contribution >= 0.6 is 11.8 Å². The molecule has 0 bridgehead atoms. The van der Waals surface area contributed by atoms with Gasteiger partial charge in [-0.25, -0.2) is 12.8 Å². The Hall–Kier alpha value is -2.63. The van der Waals surface area contributed by atoms with Crippen LogP contribution < -0.4 is 10.1 Å². The highest BCUT2D eigenvalue weighted by Gasteiger charge is 2.26. The molecule has 0 saturated carbocycles. The lowest BCUT2D eigenvalue weighted by Crippen LogP contribution is -2.34. The minimum atomic E-state index is -3.78. The largest absolute Gasteiger partial charge is 0.455 e. The molecule has 1 aliphatic rings. The Morgan fingerprint density at radius 3 is 2.47 bits per heavy atom. The average molecular weight is 482 g/mol. The Morgan fingerprint density at radius 1 is 1.19 bits per heavy atom. The van der Waals surface area contributed by atoms with Crippen molar-refractivity contribution in [1.29, 1.82) is 0 Å². The molecule has 32 heavy (non-hydrogen) atoms. The van der Waals surface area contributed by atoms with Crippen LogP contribution in [0.5, 0.6) is 11.5 Å². The molecule has 11 heteroatoms. The van der Waals surface area contributed by atoms with Crippen LogP contribution in [0.15, 0.2) is 47.4 Å². The summed E-state index contributed by atoms with van der Waals surface area (Å²) in [6.07, 6.45) is 0. The van der Waals surface area contributed by atoms with Crippen molar-refractivity contribution in [3.63, 3.8) is 0 Å². The van der Waals surface area contributed by atoms with Crippen molar-refractivity contribution in [2.75, 3.05) is 36.6 Å². The number of rotatable bonds is 9. The van der Waals surface area contributed by atoms with Gasteiger partial charge in [0.05, 0.1) is 22.2 Å². The molecule has 1 fully saturated rings. The Kier molecular flexibility index (Phi) is 7.75. The molecule has 1 aliphatic heterocycles. The van der Waals surface area contributed by atoms with Gasteiger partial charge in [-0.2, -0.15) is 4.31 Å². The number of anilines is 1. The van der Waals surface area contributed by atoms with Gasteiger partial charge in [-0.3, -0.25) is 9.59 Å². The van der Waals surface area contributed by atoms with Gasteiger partial charge in [0, 0.05) is 13.1 Å². The second kappa shape index (κ2) is 10.3. The molecule has 8 nitrogen and oxygen atoms in total. The summed E-state index contributed by atoms with van der Waals surface area (Å²) in [5, 5.41) is 2.65. The van der Waals surface area contributed by atoms with Gasteiger partial charge in [0.15, 0.2) is 5.75 Å².